The Bertz CT molecular complexity index is 1890. The lowest BCUT2D eigenvalue weighted by Gasteiger charge is -2.18. The molecule has 6 rings (SSSR count). The van der Waals surface area contributed by atoms with Crippen LogP contribution in [-0.4, -0.2) is 45.1 Å². The topological polar surface area (TPSA) is 104 Å². The molecule has 41 heavy (non-hydrogen) atoms. The van der Waals surface area contributed by atoms with Crippen LogP contribution in [0.2, 0.25) is 0 Å². The van der Waals surface area contributed by atoms with Crippen molar-refractivity contribution in [3.8, 4) is 11.1 Å². The fourth-order valence-electron chi connectivity index (χ4n) is 5.12. The zero-order chi connectivity index (χ0) is 28.3. The van der Waals surface area contributed by atoms with E-state index in [1.165, 1.54) is 10.5 Å². The van der Waals surface area contributed by atoms with E-state index < -0.39 is 11.9 Å². The van der Waals surface area contributed by atoms with Crippen molar-refractivity contribution >= 4 is 28.6 Å². The third kappa shape index (κ3) is 5.19. The zero-order valence-electron chi connectivity index (χ0n) is 22.5. The maximum absolute atomic E-state index is 13.5. The highest BCUT2D eigenvalue weighted by Crippen LogP contribution is 2.20. The van der Waals surface area contributed by atoms with E-state index in [0.717, 1.165) is 24.0 Å². The van der Waals surface area contributed by atoms with Crippen LogP contribution in [0.1, 0.15) is 40.5 Å². The highest BCUT2D eigenvalue weighted by Gasteiger charge is 2.24. The molecule has 0 spiro atoms. The molecule has 2 aromatic carbocycles. The number of hydrogen-bond acceptors (Lipinski definition) is 6. The number of pyridine rings is 2. The van der Waals surface area contributed by atoms with E-state index in [1.807, 2.05) is 42.5 Å². The number of benzene rings is 2. The first-order valence-corrected chi connectivity index (χ1v) is 13.6. The van der Waals surface area contributed by atoms with Gasteiger partial charge in [-0.2, -0.15) is 4.99 Å². The number of ether oxygens (including phenoxy) is 2. The number of carbonyl (C=O) groups is 2. The second kappa shape index (κ2) is 11.3. The zero-order valence-corrected chi connectivity index (χ0v) is 22.5. The van der Waals surface area contributed by atoms with E-state index in [4.69, 9.17) is 14.5 Å². The predicted octanol–water partition coefficient (Wildman–Crippen LogP) is 4.41. The first-order chi connectivity index (χ1) is 20.0. The number of amides is 1. The predicted molar refractivity (Wildman–Crippen MR) is 154 cm³/mol. The molecule has 0 bridgehead atoms. The minimum atomic E-state index is -0.681. The fourth-order valence-corrected chi connectivity index (χ4v) is 5.12. The van der Waals surface area contributed by atoms with Crippen LogP contribution >= 0.6 is 0 Å². The van der Waals surface area contributed by atoms with Gasteiger partial charge in [-0.25, -0.2) is 9.78 Å². The van der Waals surface area contributed by atoms with Crippen LogP contribution in [0.3, 0.4) is 0 Å². The van der Waals surface area contributed by atoms with Crippen molar-refractivity contribution in [2.45, 2.75) is 32.4 Å². The molecule has 4 heterocycles. The van der Waals surface area contributed by atoms with Crippen LogP contribution in [0.4, 0.5) is 0 Å². The standard InChI is InChI=1S/C32H28N4O5/c1-2-40-32(39)26-19-25-28(33-27-12-6-7-17-35(27)31(25)38)36(20-24-11-8-18-41-24)29(26)34-30(37)23-15-13-22(14-16-23)21-9-4-3-5-10-21/h3-7,9-10,12-17,19,24H,2,8,11,18,20H2,1H3/t24-/m1/s1. The second-order valence-corrected chi connectivity index (χ2v) is 9.79. The smallest absolute Gasteiger partial charge is 0.341 e. The van der Waals surface area contributed by atoms with E-state index in [-0.39, 0.29) is 41.3 Å². The van der Waals surface area contributed by atoms with Crippen molar-refractivity contribution in [2.75, 3.05) is 13.2 Å². The van der Waals surface area contributed by atoms with Gasteiger partial charge in [0.2, 0.25) is 0 Å². The molecule has 0 N–H and O–H groups in total. The first kappa shape index (κ1) is 26.3. The largest absolute Gasteiger partial charge is 0.462 e. The monoisotopic (exact) mass is 548 g/mol. The number of nitrogens with zero attached hydrogens (tertiary/aromatic N) is 4. The molecule has 1 aliphatic rings. The molecule has 1 fully saturated rings. The summed E-state index contributed by atoms with van der Waals surface area (Å²) in [5.74, 6) is -1.22. The van der Waals surface area contributed by atoms with Crippen molar-refractivity contribution in [1.82, 2.24) is 14.0 Å². The maximum atomic E-state index is 13.5. The molecule has 0 unspecified atom stereocenters. The van der Waals surface area contributed by atoms with E-state index in [2.05, 4.69) is 4.99 Å². The summed E-state index contributed by atoms with van der Waals surface area (Å²) in [6.07, 6.45) is 3.11. The lowest BCUT2D eigenvalue weighted by molar-refractivity contribution is 0.0521. The van der Waals surface area contributed by atoms with Gasteiger partial charge in [-0.3, -0.25) is 14.0 Å². The Kier molecular flexibility index (Phi) is 7.26. The van der Waals surface area contributed by atoms with Gasteiger partial charge in [-0.1, -0.05) is 48.5 Å². The lowest BCUT2D eigenvalue weighted by atomic mass is 10.0. The average molecular weight is 549 g/mol. The molecule has 1 amide bonds. The van der Waals surface area contributed by atoms with Gasteiger partial charge in [0.05, 0.1) is 24.6 Å². The van der Waals surface area contributed by atoms with Crippen LogP contribution in [0, 0.1) is 0 Å². The maximum Gasteiger partial charge on any atom is 0.341 e. The normalized spacial score (nSPS) is 15.4. The number of fused-ring (bicyclic) bond motifs is 2. The van der Waals surface area contributed by atoms with E-state index in [9.17, 15) is 14.4 Å². The van der Waals surface area contributed by atoms with Crippen molar-refractivity contribution in [3.05, 3.63) is 112 Å². The molecule has 3 aromatic heterocycles. The van der Waals surface area contributed by atoms with Gasteiger partial charge in [-0.15, -0.1) is 0 Å². The molecule has 1 atom stereocenters. The van der Waals surface area contributed by atoms with Gasteiger partial charge >= 0.3 is 5.97 Å². The number of rotatable bonds is 6. The molecular formula is C32H28N4O5. The summed E-state index contributed by atoms with van der Waals surface area (Å²) >= 11 is 0. The Morgan fingerprint density at radius 2 is 1.78 bits per heavy atom. The third-order valence-corrected chi connectivity index (χ3v) is 7.14. The number of hydrogen-bond donors (Lipinski definition) is 0. The lowest BCUT2D eigenvalue weighted by Crippen LogP contribution is -2.35. The molecule has 0 saturated carbocycles. The van der Waals surface area contributed by atoms with Gasteiger partial charge in [0.15, 0.2) is 5.49 Å². The Morgan fingerprint density at radius 1 is 1.02 bits per heavy atom. The molecule has 206 valence electrons. The molecule has 5 aromatic rings. The van der Waals surface area contributed by atoms with Crippen molar-refractivity contribution in [2.24, 2.45) is 4.99 Å². The molecule has 0 aliphatic carbocycles. The summed E-state index contributed by atoms with van der Waals surface area (Å²) in [4.78, 5) is 49.5. The van der Waals surface area contributed by atoms with Gasteiger partial charge < -0.3 is 14.0 Å². The van der Waals surface area contributed by atoms with Crippen LogP contribution in [0.15, 0.2) is 94.8 Å². The SMILES string of the molecule is CCOC(=O)c1cc2c(=O)n3ccccc3nc2n(C[C@H]2CCCO2)c1=NC(=O)c1ccc(-c2ccccc2)cc1. The van der Waals surface area contributed by atoms with Crippen LogP contribution in [0.25, 0.3) is 27.8 Å². The van der Waals surface area contributed by atoms with Gasteiger partial charge in [0, 0.05) is 18.4 Å². The fraction of sp³-hybridized carbons (Fsp3) is 0.219. The Labute approximate surface area is 235 Å². The van der Waals surface area contributed by atoms with Crippen molar-refractivity contribution in [3.63, 3.8) is 0 Å². The number of carbonyl (C=O) groups excluding carboxylic acids is 2. The minimum Gasteiger partial charge on any atom is -0.462 e. The van der Waals surface area contributed by atoms with Crippen LogP contribution in [-0.2, 0) is 16.0 Å². The molecule has 1 aliphatic heterocycles. The van der Waals surface area contributed by atoms with Gasteiger partial charge in [0.1, 0.15) is 16.9 Å². The third-order valence-electron chi connectivity index (χ3n) is 7.14. The van der Waals surface area contributed by atoms with Crippen molar-refractivity contribution < 1.29 is 19.1 Å². The number of aromatic nitrogens is 3. The Hall–Kier alpha value is -4.89. The van der Waals surface area contributed by atoms with E-state index in [0.29, 0.717) is 23.5 Å². The molecule has 9 nitrogen and oxygen atoms in total. The summed E-state index contributed by atoms with van der Waals surface area (Å²) in [5, 5.41) is 0.216. The van der Waals surface area contributed by atoms with Crippen LogP contribution in [0.5, 0.6) is 0 Å². The highest BCUT2D eigenvalue weighted by atomic mass is 16.5. The summed E-state index contributed by atoms with van der Waals surface area (Å²) in [7, 11) is 0. The Morgan fingerprint density at radius 3 is 2.51 bits per heavy atom. The molecule has 1 saturated heterocycles. The highest BCUT2D eigenvalue weighted by molar-refractivity contribution is 5.97. The summed E-state index contributed by atoms with van der Waals surface area (Å²) in [6, 6.07) is 23.7. The molecular weight excluding hydrogens is 520 g/mol. The van der Waals surface area contributed by atoms with Gasteiger partial charge in [0.25, 0.3) is 11.5 Å². The minimum absolute atomic E-state index is 0.0152. The Balaban J connectivity index is 1.57. The van der Waals surface area contributed by atoms with E-state index in [1.54, 1.807) is 48.0 Å². The summed E-state index contributed by atoms with van der Waals surface area (Å²) < 4.78 is 14.3. The molecule has 9 heteroatoms. The van der Waals surface area contributed by atoms with E-state index >= 15 is 0 Å². The van der Waals surface area contributed by atoms with Crippen LogP contribution < -0.4 is 11.0 Å². The summed E-state index contributed by atoms with van der Waals surface area (Å²) in [5.41, 5.74) is 2.85. The second-order valence-electron chi connectivity index (χ2n) is 9.79. The summed E-state index contributed by atoms with van der Waals surface area (Å²) in [6.45, 7) is 2.68. The quantitative estimate of drug-likeness (QED) is 0.230. The average Bonchev–Trinajstić information content (AvgIpc) is 3.52. The number of esters is 1. The first-order valence-electron chi connectivity index (χ1n) is 13.6. The van der Waals surface area contributed by atoms with Crippen molar-refractivity contribution in [1.29, 1.82) is 0 Å². The molecule has 0 radical (unpaired) electrons. The van der Waals surface area contributed by atoms with Gasteiger partial charge in [-0.05, 0) is 61.2 Å².